The lowest BCUT2D eigenvalue weighted by Crippen LogP contribution is -2.40. The number of nitrogens with zero attached hydrogens (tertiary/aromatic N) is 1. The smallest absolute Gasteiger partial charge is 0.244 e. The van der Waals surface area contributed by atoms with Gasteiger partial charge in [0.05, 0.1) is 15.5 Å². The molecule has 0 unspecified atom stereocenters. The maximum atomic E-state index is 6.45. The van der Waals surface area contributed by atoms with Gasteiger partial charge in [-0.3, -0.25) is 4.99 Å². The van der Waals surface area contributed by atoms with Crippen LogP contribution < -0.4 is 0 Å². The zero-order valence-electron chi connectivity index (χ0n) is 14.9. The third-order valence-electron chi connectivity index (χ3n) is 2.30. The van der Waals surface area contributed by atoms with Gasteiger partial charge in [-0.25, -0.2) is 0 Å². The van der Waals surface area contributed by atoms with E-state index in [0.29, 0.717) is 6.04 Å². The average molecular weight is 336 g/mol. The van der Waals surface area contributed by atoms with Crippen molar-refractivity contribution in [3.05, 3.63) is 0 Å². The average Bonchev–Trinajstić information content (AvgIpc) is 1.90. The molecular weight excluding hydrogens is 301 g/mol. The lowest BCUT2D eigenvalue weighted by Gasteiger charge is -2.41. The van der Waals surface area contributed by atoms with E-state index in [9.17, 15) is 0 Å². The normalized spacial score (nSPS) is 15.3. The minimum atomic E-state index is -1.58. The lowest BCUT2D eigenvalue weighted by molar-refractivity contribution is 0.558. The van der Waals surface area contributed by atoms with Gasteiger partial charge in [0.15, 0.2) is 5.64 Å². The first-order chi connectivity index (χ1) is 8.14. The summed E-state index contributed by atoms with van der Waals surface area (Å²) in [4.78, 5) is 4.92. The number of rotatable bonds is 5. The van der Waals surface area contributed by atoms with Gasteiger partial charge >= 0.3 is 0 Å². The summed E-state index contributed by atoms with van der Waals surface area (Å²) in [5, 5.41) is 0. The van der Waals surface area contributed by atoms with Gasteiger partial charge in [0.25, 0.3) is 0 Å². The molecule has 0 amide bonds. The van der Waals surface area contributed by atoms with Gasteiger partial charge < -0.3 is 4.43 Å². The van der Waals surface area contributed by atoms with Crippen LogP contribution in [0.3, 0.4) is 0 Å². The van der Waals surface area contributed by atoms with Crippen LogP contribution in [0, 0.1) is 0 Å². The number of hydrogen-bond donors (Lipinski definition) is 0. The molecule has 0 aromatic carbocycles. The van der Waals surface area contributed by atoms with E-state index in [1.807, 2.05) is 0 Å². The zero-order valence-corrected chi connectivity index (χ0v) is 18.8. The maximum Gasteiger partial charge on any atom is 0.244 e. The van der Waals surface area contributed by atoms with Crippen LogP contribution in [-0.2, 0) is 4.43 Å². The van der Waals surface area contributed by atoms with Gasteiger partial charge in [-0.1, -0.05) is 39.3 Å². The van der Waals surface area contributed by atoms with Crippen LogP contribution in [0.5, 0.6) is 0 Å². The molecule has 0 heterocycles. The molecule has 0 bridgehead atoms. The third-order valence-corrected chi connectivity index (χ3v) is 27.8. The van der Waals surface area contributed by atoms with Crippen molar-refractivity contribution in [2.75, 3.05) is 0 Å². The Morgan fingerprint density at radius 3 is 1.42 bits per heavy atom. The molecule has 0 radical (unpaired) electrons. The van der Waals surface area contributed by atoms with Crippen molar-refractivity contribution in [1.82, 2.24) is 0 Å². The van der Waals surface area contributed by atoms with Crippen LogP contribution in [0.1, 0.15) is 13.8 Å². The minimum Gasteiger partial charge on any atom is -0.532 e. The topological polar surface area (TPSA) is 21.6 Å². The predicted molar refractivity (Wildman–Crippen MR) is 101 cm³/mol. The van der Waals surface area contributed by atoms with Crippen molar-refractivity contribution < 1.29 is 4.43 Å². The summed E-state index contributed by atoms with van der Waals surface area (Å²) >= 11 is 0. The number of aliphatic imine (C=N–C) groups is 1. The van der Waals surface area contributed by atoms with E-state index in [0.717, 1.165) is 5.64 Å². The fraction of sp³-hybridized carbons (Fsp3) is 0.923. The van der Waals surface area contributed by atoms with Gasteiger partial charge in [0.2, 0.25) is 8.32 Å². The molecule has 0 fully saturated rings. The molecule has 0 aromatic rings. The molecule has 6 heteroatoms. The van der Waals surface area contributed by atoms with E-state index in [1.165, 1.54) is 0 Å². The second-order valence-corrected chi connectivity index (χ2v) is 34.6. The summed E-state index contributed by atoms with van der Waals surface area (Å²) in [5.74, 6) is 0. The van der Waals surface area contributed by atoms with Crippen LogP contribution in [0.2, 0.25) is 58.9 Å². The fourth-order valence-corrected chi connectivity index (χ4v) is 36.3. The molecule has 0 aliphatic rings. The molecule has 2 nitrogen and oxygen atoms in total. The maximum absolute atomic E-state index is 6.45. The first-order valence-electron chi connectivity index (χ1n) is 7.22. The number of hydrogen-bond acceptors (Lipinski definition) is 2. The second-order valence-electron chi connectivity index (χ2n) is 8.40. The Morgan fingerprint density at radius 2 is 1.21 bits per heavy atom. The monoisotopic (exact) mass is 335 g/mol. The van der Waals surface area contributed by atoms with E-state index in [1.54, 1.807) is 0 Å². The van der Waals surface area contributed by atoms with Crippen LogP contribution in [0.15, 0.2) is 4.99 Å². The van der Waals surface area contributed by atoms with Crippen LogP contribution in [0.25, 0.3) is 0 Å². The third kappa shape index (κ3) is 7.78. The standard InChI is InChI=1S/C13H34NOPSi3/c1-12(2)14-13(15-17(3,4)5)16(18(6,7)8)19(9,10)11/h12H,1-11H3. The van der Waals surface area contributed by atoms with Gasteiger partial charge in [0.1, 0.15) is 0 Å². The highest BCUT2D eigenvalue weighted by molar-refractivity contribution is 8.27. The molecule has 0 aliphatic heterocycles. The summed E-state index contributed by atoms with van der Waals surface area (Å²) in [7, 11) is -4.26. The minimum absolute atomic E-state index is 0.163. The molecule has 114 valence electrons. The summed E-state index contributed by atoms with van der Waals surface area (Å²) in [6, 6.07) is 0.337. The van der Waals surface area contributed by atoms with E-state index >= 15 is 0 Å². The Morgan fingerprint density at radius 1 is 0.842 bits per heavy atom. The van der Waals surface area contributed by atoms with E-state index in [2.05, 4.69) is 72.8 Å². The summed E-state index contributed by atoms with van der Waals surface area (Å²) < 4.78 is 6.45. The fourth-order valence-electron chi connectivity index (χ4n) is 2.20. The predicted octanol–water partition coefficient (Wildman–Crippen LogP) is 5.75. The molecule has 0 aliphatic carbocycles. The van der Waals surface area contributed by atoms with Crippen molar-refractivity contribution in [1.29, 1.82) is 0 Å². The molecule has 0 atom stereocenters. The highest BCUT2D eigenvalue weighted by Gasteiger charge is 2.43. The molecule has 0 saturated carbocycles. The SMILES string of the molecule is CC(C)N=C(O[Si](C)(C)C)P([Si](C)(C)C)[Si](C)(C)C. The Hall–Kier alpha value is 0.551. The molecule has 0 N–H and O–H groups in total. The second kappa shape index (κ2) is 6.54. The quantitative estimate of drug-likeness (QED) is 0.271. The summed E-state index contributed by atoms with van der Waals surface area (Å²) in [6.07, 6.45) is 0. The van der Waals surface area contributed by atoms with Crippen LogP contribution in [0.4, 0.5) is 0 Å². The van der Waals surface area contributed by atoms with Crippen molar-refractivity contribution in [3.63, 3.8) is 0 Å². The molecule has 0 saturated heterocycles. The Labute approximate surface area is 125 Å². The highest BCUT2D eigenvalue weighted by atomic mass is 31.6. The molecule has 0 aromatic heterocycles. The van der Waals surface area contributed by atoms with Crippen LogP contribution >= 0.6 is 7.02 Å². The van der Waals surface area contributed by atoms with Crippen molar-refractivity contribution in [2.24, 2.45) is 4.99 Å². The lowest BCUT2D eigenvalue weighted by atomic mass is 10.4. The first-order valence-corrected chi connectivity index (χ1v) is 20.6. The van der Waals surface area contributed by atoms with Gasteiger partial charge in [-0.05, 0) is 40.5 Å². The van der Waals surface area contributed by atoms with Crippen molar-refractivity contribution >= 4 is 36.5 Å². The zero-order chi connectivity index (χ0) is 15.6. The van der Waals surface area contributed by atoms with E-state index in [4.69, 9.17) is 9.42 Å². The van der Waals surface area contributed by atoms with E-state index in [-0.39, 0.29) is 7.02 Å². The van der Waals surface area contributed by atoms with Gasteiger partial charge in [-0.15, -0.1) is 0 Å². The Kier molecular flexibility index (Phi) is 6.73. The Bertz CT molecular complexity index is 310. The van der Waals surface area contributed by atoms with Crippen molar-refractivity contribution in [2.45, 2.75) is 78.8 Å². The molecule has 0 rings (SSSR count). The Balaban J connectivity index is 5.66. The molecule has 0 spiro atoms. The van der Waals surface area contributed by atoms with E-state index < -0.39 is 23.8 Å². The summed E-state index contributed by atoms with van der Waals surface area (Å²) in [5.41, 5.74) is 1.16. The highest BCUT2D eigenvalue weighted by Crippen LogP contribution is 2.56. The summed E-state index contributed by atoms with van der Waals surface area (Å²) in [6.45, 7) is 26.0. The molecule has 19 heavy (non-hydrogen) atoms. The van der Waals surface area contributed by atoms with Crippen LogP contribution in [-0.4, -0.2) is 35.5 Å². The van der Waals surface area contributed by atoms with Gasteiger partial charge in [0, 0.05) is 6.04 Å². The largest absolute Gasteiger partial charge is 0.532 e. The van der Waals surface area contributed by atoms with Crippen molar-refractivity contribution in [3.8, 4) is 0 Å². The van der Waals surface area contributed by atoms with Gasteiger partial charge in [-0.2, -0.15) is 0 Å². The molecular formula is C13H34NOPSi3. The first kappa shape index (κ1) is 19.6.